The van der Waals surface area contributed by atoms with Gasteiger partial charge in [-0.3, -0.25) is 0 Å². The van der Waals surface area contributed by atoms with Gasteiger partial charge in [0.15, 0.2) is 12.4 Å². The average molecular weight is 533 g/mol. The number of allylic oxidation sites excluding steroid dienone is 1. The van der Waals surface area contributed by atoms with Crippen molar-refractivity contribution >= 4 is 28.0 Å². The van der Waals surface area contributed by atoms with Crippen LogP contribution < -0.4 is 9.13 Å². The zero-order valence-electron chi connectivity index (χ0n) is 24.0. The summed E-state index contributed by atoms with van der Waals surface area (Å²) >= 11 is 0. The molecular weight excluding hydrogens is 500 g/mol. The van der Waals surface area contributed by atoms with Gasteiger partial charge in [0.2, 0.25) is 11.4 Å². The molecule has 0 amide bonds. The number of fused-ring (bicyclic) bond motifs is 16. The summed E-state index contributed by atoms with van der Waals surface area (Å²) in [5, 5.41) is 2.38. The van der Waals surface area contributed by atoms with Gasteiger partial charge in [0.25, 0.3) is 0 Å². The summed E-state index contributed by atoms with van der Waals surface area (Å²) < 4.78 is 12.0. The molecule has 1 atom stereocenters. The van der Waals surface area contributed by atoms with Gasteiger partial charge in [-0.15, -0.1) is 9.13 Å². The molecule has 0 N–H and O–H groups in total. The molecule has 3 aromatic heterocycles. The zero-order valence-corrected chi connectivity index (χ0v) is 24.0. The van der Waals surface area contributed by atoms with Crippen molar-refractivity contribution in [2.24, 2.45) is 5.41 Å². The highest BCUT2D eigenvalue weighted by atomic mass is 16.3. The Kier molecular flexibility index (Phi) is 4.31. The minimum Gasteiger partial charge on any atom is -0.454 e. The molecule has 0 saturated heterocycles. The Morgan fingerprint density at radius 2 is 1.63 bits per heavy atom. The lowest BCUT2D eigenvalue weighted by Gasteiger charge is -2.20. The monoisotopic (exact) mass is 532 g/mol. The second-order valence-electron chi connectivity index (χ2n) is 13.2. The van der Waals surface area contributed by atoms with Crippen molar-refractivity contribution in [3.05, 3.63) is 125 Å². The van der Waals surface area contributed by atoms with Crippen LogP contribution in [0.15, 0.2) is 95.7 Å². The molecule has 6 aromatic rings. The molecular formula is C38H32N2O+2. The highest BCUT2D eigenvalue weighted by Crippen LogP contribution is 2.51. The van der Waals surface area contributed by atoms with Crippen molar-refractivity contribution in [3.63, 3.8) is 0 Å². The van der Waals surface area contributed by atoms with Gasteiger partial charge in [0, 0.05) is 40.1 Å². The maximum atomic E-state index is 6.97. The summed E-state index contributed by atoms with van der Waals surface area (Å²) in [6.45, 7) is 9.25. The van der Waals surface area contributed by atoms with E-state index < -0.39 is 5.66 Å². The van der Waals surface area contributed by atoms with E-state index in [1.54, 1.807) is 0 Å². The largest absolute Gasteiger partial charge is 0.454 e. The van der Waals surface area contributed by atoms with Crippen LogP contribution in [-0.2, 0) is 18.5 Å². The number of aromatic nitrogens is 2. The fraction of sp³-hybridized carbons (Fsp3) is 0.211. The third-order valence-corrected chi connectivity index (χ3v) is 9.45. The summed E-state index contributed by atoms with van der Waals surface area (Å²) in [4.78, 5) is 0. The molecule has 9 rings (SSSR count). The third kappa shape index (κ3) is 2.84. The molecule has 198 valence electrons. The van der Waals surface area contributed by atoms with Gasteiger partial charge >= 0.3 is 5.66 Å². The molecule has 2 aliphatic heterocycles. The predicted octanol–water partition coefficient (Wildman–Crippen LogP) is 7.89. The van der Waals surface area contributed by atoms with Crippen LogP contribution in [0.2, 0.25) is 0 Å². The normalized spacial score (nSPS) is 17.8. The summed E-state index contributed by atoms with van der Waals surface area (Å²) in [6.07, 6.45) is 11.1. The Labute approximate surface area is 240 Å². The number of hydrogen-bond acceptors (Lipinski definition) is 1. The molecule has 1 unspecified atom stereocenters. The Morgan fingerprint density at radius 1 is 0.829 bits per heavy atom. The van der Waals surface area contributed by atoms with E-state index in [0.29, 0.717) is 0 Å². The zero-order chi connectivity index (χ0) is 27.7. The van der Waals surface area contributed by atoms with Crippen LogP contribution in [0.5, 0.6) is 0 Å². The maximum absolute atomic E-state index is 6.97. The number of hydrogen-bond donors (Lipinski definition) is 0. The molecule has 41 heavy (non-hydrogen) atoms. The first kappa shape index (κ1) is 23.2. The van der Waals surface area contributed by atoms with Crippen LogP contribution in [0, 0.1) is 12.3 Å². The molecule has 1 spiro atoms. The van der Waals surface area contributed by atoms with Crippen molar-refractivity contribution in [1.82, 2.24) is 0 Å². The van der Waals surface area contributed by atoms with Gasteiger partial charge in [0.1, 0.15) is 27.9 Å². The first-order valence-electron chi connectivity index (χ1n) is 14.7. The van der Waals surface area contributed by atoms with Gasteiger partial charge < -0.3 is 4.42 Å². The van der Waals surface area contributed by atoms with E-state index in [1.807, 2.05) is 0 Å². The maximum Gasteiger partial charge on any atom is 0.417 e. The summed E-state index contributed by atoms with van der Waals surface area (Å²) in [5.41, 5.74) is 14.5. The Bertz CT molecular complexity index is 2110. The highest BCUT2D eigenvalue weighted by molar-refractivity contribution is 6.12. The van der Waals surface area contributed by atoms with Crippen LogP contribution in [0.1, 0.15) is 54.2 Å². The lowest BCUT2D eigenvalue weighted by molar-refractivity contribution is -0.955. The van der Waals surface area contributed by atoms with Gasteiger partial charge in [-0.2, -0.15) is 0 Å². The fourth-order valence-corrected chi connectivity index (χ4v) is 7.83. The molecule has 0 radical (unpaired) electrons. The van der Waals surface area contributed by atoms with E-state index in [9.17, 15) is 0 Å². The number of furan rings is 1. The third-order valence-electron chi connectivity index (χ3n) is 9.45. The lowest BCUT2D eigenvalue weighted by Crippen LogP contribution is -2.71. The molecule has 1 aliphatic carbocycles. The van der Waals surface area contributed by atoms with Crippen molar-refractivity contribution < 1.29 is 13.6 Å². The molecule has 0 fully saturated rings. The van der Waals surface area contributed by atoms with E-state index >= 15 is 0 Å². The van der Waals surface area contributed by atoms with Crippen molar-refractivity contribution in [2.45, 2.75) is 46.2 Å². The lowest BCUT2D eigenvalue weighted by atomic mass is 9.86. The van der Waals surface area contributed by atoms with Gasteiger partial charge in [-0.1, -0.05) is 57.2 Å². The first-order valence-corrected chi connectivity index (χ1v) is 14.7. The van der Waals surface area contributed by atoms with Crippen LogP contribution in [-0.4, -0.2) is 0 Å². The van der Waals surface area contributed by atoms with Crippen LogP contribution in [0.4, 0.5) is 0 Å². The van der Waals surface area contributed by atoms with Crippen molar-refractivity contribution in [2.75, 3.05) is 0 Å². The van der Waals surface area contributed by atoms with Crippen LogP contribution in [0.3, 0.4) is 0 Å². The van der Waals surface area contributed by atoms with E-state index in [0.717, 1.165) is 24.0 Å². The quantitative estimate of drug-likeness (QED) is 0.197. The minimum absolute atomic E-state index is 0.183. The Balaban J connectivity index is 1.47. The second kappa shape index (κ2) is 7.61. The highest BCUT2D eigenvalue weighted by Gasteiger charge is 2.67. The van der Waals surface area contributed by atoms with E-state index in [2.05, 4.69) is 134 Å². The molecule has 5 heterocycles. The van der Waals surface area contributed by atoms with Crippen molar-refractivity contribution in [3.8, 4) is 22.5 Å². The summed E-state index contributed by atoms with van der Waals surface area (Å²) in [5.74, 6) is 0. The van der Waals surface area contributed by atoms with Crippen molar-refractivity contribution in [1.29, 1.82) is 0 Å². The summed E-state index contributed by atoms with van der Waals surface area (Å²) in [7, 11) is 0. The van der Waals surface area contributed by atoms with Gasteiger partial charge in [0.05, 0.1) is 5.56 Å². The first-order chi connectivity index (χ1) is 19.9. The molecule has 3 aromatic carbocycles. The number of rotatable bonds is 1. The SMILES string of the molecule is Cc1c[n+]2c(cc1CC(C)(C)C)-c1c(ccc3c1oc1c4c(ccc13)CC=C4)C21c2ccccc2-c2cccc[n+]21. The van der Waals surface area contributed by atoms with E-state index in [1.165, 1.54) is 66.7 Å². The smallest absolute Gasteiger partial charge is 0.417 e. The van der Waals surface area contributed by atoms with Gasteiger partial charge in [-0.25, -0.2) is 0 Å². The predicted molar refractivity (Wildman–Crippen MR) is 164 cm³/mol. The number of aryl methyl sites for hydroxylation is 1. The van der Waals surface area contributed by atoms with E-state index in [4.69, 9.17) is 4.42 Å². The topological polar surface area (TPSA) is 20.9 Å². The molecule has 3 nitrogen and oxygen atoms in total. The fourth-order valence-electron chi connectivity index (χ4n) is 7.83. The minimum atomic E-state index is -0.530. The van der Waals surface area contributed by atoms with Gasteiger partial charge in [-0.05, 0) is 66.6 Å². The molecule has 0 saturated carbocycles. The Hall–Kier alpha value is -4.50. The molecule has 3 heteroatoms. The van der Waals surface area contributed by atoms with E-state index in [-0.39, 0.29) is 5.41 Å². The number of nitrogens with zero attached hydrogens (tertiary/aromatic N) is 2. The Morgan fingerprint density at radius 3 is 2.51 bits per heavy atom. The standard InChI is InChI=1S/C38H32N2O/c1-23-22-40-33(20-25(23)21-37(2,3)4)34-31(38(40)30-13-6-5-11-29(30)32-14-7-8-19-39(32)38)18-17-28-27-16-15-24-10-9-12-26(24)35(27)41-36(28)34/h5-9,11-20,22H,10,21H2,1-4H3/q+2. The average Bonchev–Trinajstić information content (AvgIpc) is 3.70. The number of benzene rings is 3. The molecule has 0 bridgehead atoms. The molecule has 3 aliphatic rings. The summed E-state index contributed by atoms with van der Waals surface area (Å²) in [6, 6.07) is 27.1. The van der Waals surface area contributed by atoms with Crippen LogP contribution >= 0.6 is 0 Å². The van der Waals surface area contributed by atoms with Crippen LogP contribution in [0.25, 0.3) is 50.5 Å². The second-order valence-corrected chi connectivity index (χ2v) is 13.2. The number of pyridine rings is 2.